The maximum Gasteiger partial charge on any atom is 0.0647 e. The van der Waals surface area contributed by atoms with E-state index in [9.17, 15) is 5.11 Å². The fraction of sp³-hybridized carbons (Fsp3) is 1.00. The summed E-state index contributed by atoms with van der Waals surface area (Å²) in [7, 11) is 0. The fourth-order valence-electron chi connectivity index (χ4n) is 2.48. The van der Waals surface area contributed by atoms with E-state index in [0.29, 0.717) is 5.92 Å². The van der Waals surface area contributed by atoms with Gasteiger partial charge in [0.25, 0.3) is 0 Å². The molecule has 0 amide bonds. The van der Waals surface area contributed by atoms with Crippen molar-refractivity contribution in [1.82, 2.24) is 0 Å². The molecule has 1 nitrogen and oxygen atoms in total. The summed E-state index contributed by atoms with van der Waals surface area (Å²) in [5, 5.41) is 10.2. The van der Waals surface area contributed by atoms with Crippen molar-refractivity contribution in [1.29, 1.82) is 0 Å². The first-order chi connectivity index (χ1) is 6.17. The second-order valence-corrected chi connectivity index (χ2v) is 4.80. The van der Waals surface area contributed by atoms with Gasteiger partial charge in [-0.05, 0) is 32.1 Å². The summed E-state index contributed by atoms with van der Waals surface area (Å²) in [5.41, 5.74) is -0.369. The lowest BCUT2D eigenvalue weighted by atomic mass is 9.83. The molecule has 0 heterocycles. The second-order valence-electron chi connectivity index (χ2n) is 4.80. The third-order valence-corrected chi connectivity index (χ3v) is 3.52. The van der Waals surface area contributed by atoms with E-state index in [0.717, 1.165) is 6.42 Å². The van der Waals surface area contributed by atoms with Crippen LogP contribution in [0.2, 0.25) is 0 Å². The third kappa shape index (κ3) is 3.30. The highest BCUT2D eigenvalue weighted by molar-refractivity contribution is 4.85. The minimum atomic E-state index is -0.369. The molecule has 1 heteroatoms. The molecule has 78 valence electrons. The smallest absolute Gasteiger partial charge is 0.0647 e. The molecular formula is C12H24O. The highest BCUT2D eigenvalue weighted by Gasteiger charge is 2.32. The van der Waals surface area contributed by atoms with E-state index >= 15 is 0 Å². The van der Waals surface area contributed by atoms with E-state index in [4.69, 9.17) is 0 Å². The largest absolute Gasteiger partial charge is 0.390 e. The molecule has 0 bridgehead atoms. The molecule has 1 atom stereocenters. The number of hydrogen-bond donors (Lipinski definition) is 1. The van der Waals surface area contributed by atoms with Crippen LogP contribution in [-0.2, 0) is 0 Å². The number of unbranched alkanes of at least 4 members (excludes halogenated alkanes) is 2. The van der Waals surface area contributed by atoms with Gasteiger partial charge < -0.3 is 5.11 Å². The quantitative estimate of drug-likeness (QED) is 0.648. The Bertz CT molecular complexity index is 134. The predicted octanol–water partition coefficient (Wildman–Crippen LogP) is 3.51. The number of rotatable bonds is 5. The van der Waals surface area contributed by atoms with Crippen molar-refractivity contribution in [3.63, 3.8) is 0 Å². The maximum atomic E-state index is 10.2. The Morgan fingerprint density at radius 3 is 2.38 bits per heavy atom. The summed E-state index contributed by atoms with van der Waals surface area (Å²) in [6.45, 7) is 4.25. The van der Waals surface area contributed by atoms with Crippen molar-refractivity contribution in [2.45, 2.75) is 70.8 Å². The average Bonchev–Trinajstić information content (AvgIpc) is 2.56. The standard InChI is InChI=1S/C12H24O/c1-3-4-7-10-12(2,13)11-8-5-6-9-11/h11,13H,3-10H2,1-2H3. The van der Waals surface area contributed by atoms with Gasteiger partial charge in [0.05, 0.1) is 5.60 Å². The first kappa shape index (κ1) is 11.0. The average molecular weight is 184 g/mol. The molecule has 0 aromatic heterocycles. The van der Waals surface area contributed by atoms with Crippen LogP contribution >= 0.6 is 0 Å². The van der Waals surface area contributed by atoms with Crippen molar-refractivity contribution >= 4 is 0 Å². The van der Waals surface area contributed by atoms with E-state index in [-0.39, 0.29) is 5.60 Å². The zero-order chi connectivity index (χ0) is 9.73. The maximum absolute atomic E-state index is 10.2. The van der Waals surface area contributed by atoms with Crippen molar-refractivity contribution in [3.8, 4) is 0 Å². The molecule has 0 aliphatic heterocycles. The Labute approximate surface area is 82.5 Å². The monoisotopic (exact) mass is 184 g/mol. The van der Waals surface area contributed by atoms with Crippen LogP contribution < -0.4 is 0 Å². The first-order valence-corrected chi connectivity index (χ1v) is 5.89. The first-order valence-electron chi connectivity index (χ1n) is 5.89. The SMILES string of the molecule is CCCCCC(C)(O)C1CCCC1. The molecule has 1 N–H and O–H groups in total. The van der Waals surface area contributed by atoms with Crippen LogP contribution in [0.4, 0.5) is 0 Å². The molecule has 1 rings (SSSR count). The van der Waals surface area contributed by atoms with E-state index in [2.05, 4.69) is 6.92 Å². The molecule has 0 aromatic carbocycles. The minimum Gasteiger partial charge on any atom is -0.390 e. The Kier molecular flexibility index (Phi) is 4.24. The second kappa shape index (κ2) is 4.99. The highest BCUT2D eigenvalue weighted by atomic mass is 16.3. The molecule has 1 aliphatic rings. The van der Waals surface area contributed by atoms with Gasteiger partial charge >= 0.3 is 0 Å². The molecule has 0 aromatic rings. The minimum absolute atomic E-state index is 0.369. The molecular weight excluding hydrogens is 160 g/mol. The van der Waals surface area contributed by atoms with E-state index in [1.165, 1.54) is 44.9 Å². The topological polar surface area (TPSA) is 20.2 Å². The van der Waals surface area contributed by atoms with Gasteiger partial charge in [-0.2, -0.15) is 0 Å². The van der Waals surface area contributed by atoms with Gasteiger partial charge in [-0.25, -0.2) is 0 Å². The lowest BCUT2D eigenvalue weighted by Gasteiger charge is -2.30. The number of hydrogen-bond acceptors (Lipinski definition) is 1. The lowest BCUT2D eigenvalue weighted by molar-refractivity contribution is -0.00836. The van der Waals surface area contributed by atoms with E-state index in [1.54, 1.807) is 0 Å². The van der Waals surface area contributed by atoms with Crippen LogP contribution in [0.15, 0.2) is 0 Å². The zero-order valence-corrected chi connectivity index (χ0v) is 9.18. The van der Waals surface area contributed by atoms with Crippen LogP contribution in [-0.4, -0.2) is 10.7 Å². The summed E-state index contributed by atoms with van der Waals surface area (Å²) < 4.78 is 0. The predicted molar refractivity (Wildman–Crippen MR) is 56.7 cm³/mol. The molecule has 1 unspecified atom stereocenters. The third-order valence-electron chi connectivity index (χ3n) is 3.52. The van der Waals surface area contributed by atoms with Gasteiger partial charge in [-0.1, -0.05) is 39.0 Å². The summed E-state index contributed by atoms with van der Waals surface area (Å²) in [6.07, 6.45) is 9.87. The van der Waals surface area contributed by atoms with Crippen molar-refractivity contribution in [2.24, 2.45) is 5.92 Å². The van der Waals surface area contributed by atoms with Crippen molar-refractivity contribution in [3.05, 3.63) is 0 Å². The summed E-state index contributed by atoms with van der Waals surface area (Å²) in [6, 6.07) is 0. The van der Waals surface area contributed by atoms with Gasteiger partial charge in [0.2, 0.25) is 0 Å². The molecule has 0 radical (unpaired) electrons. The van der Waals surface area contributed by atoms with Gasteiger partial charge in [0, 0.05) is 0 Å². The Hall–Kier alpha value is -0.0400. The molecule has 1 aliphatic carbocycles. The Morgan fingerprint density at radius 1 is 1.23 bits per heavy atom. The Balaban J connectivity index is 2.26. The van der Waals surface area contributed by atoms with Crippen molar-refractivity contribution < 1.29 is 5.11 Å². The van der Waals surface area contributed by atoms with Gasteiger partial charge in [-0.15, -0.1) is 0 Å². The molecule has 1 fully saturated rings. The molecule has 0 saturated heterocycles. The van der Waals surface area contributed by atoms with Crippen LogP contribution in [0, 0.1) is 5.92 Å². The molecule has 13 heavy (non-hydrogen) atoms. The van der Waals surface area contributed by atoms with E-state index in [1.807, 2.05) is 6.92 Å². The van der Waals surface area contributed by atoms with Crippen LogP contribution in [0.25, 0.3) is 0 Å². The van der Waals surface area contributed by atoms with Gasteiger partial charge in [0.15, 0.2) is 0 Å². The van der Waals surface area contributed by atoms with Crippen LogP contribution in [0.3, 0.4) is 0 Å². The normalized spacial score (nSPS) is 23.3. The van der Waals surface area contributed by atoms with E-state index < -0.39 is 0 Å². The molecule has 1 saturated carbocycles. The Morgan fingerprint density at radius 2 is 1.85 bits per heavy atom. The van der Waals surface area contributed by atoms with Gasteiger partial charge in [0.1, 0.15) is 0 Å². The zero-order valence-electron chi connectivity index (χ0n) is 9.18. The van der Waals surface area contributed by atoms with Crippen LogP contribution in [0.1, 0.15) is 65.2 Å². The van der Waals surface area contributed by atoms with Crippen LogP contribution in [0.5, 0.6) is 0 Å². The fourth-order valence-corrected chi connectivity index (χ4v) is 2.48. The summed E-state index contributed by atoms with van der Waals surface area (Å²) in [4.78, 5) is 0. The summed E-state index contributed by atoms with van der Waals surface area (Å²) >= 11 is 0. The summed E-state index contributed by atoms with van der Waals surface area (Å²) in [5.74, 6) is 0.587. The lowest BCUT2D eigenvalue weighted by Crippen LogP contribution is -2.32. The highest BCUT2D eigenvalue weighted by Crippen LogP contribution is 2.36. The van der Waals surface area contributed by atoms with Gasteiger partial charge in [-0.3, -0.25) is 0 Å². The number of aliphatic hydroxyl groups is 1. The molecule has 0 spiro atoms. The van der Waals surface area contributed by atoms with Crippen molar-refractivity contribution in [2.75, 3.05) is 0 Å².